The van der Waals surface area contributed by atoms with Gasteiger partial charge in [-0.3, -0.25) is 9.69 Å². The summed E-state index contributed by atoms with van der Waals surface area (Å²) in [4.78, 5) is 16.8. The molecule has 26 heavy (non-hydrogen) atoms. The molecule has 1 aliphatic heterocycles. The maximum absolute atomic E-state index is 12.5. The van der Waals surface area contributed by atoms with Gasteiger partial charge in [0.05, 0.1) is 0 Å². The Labute approximate surface area is 162 Å². The van der Waals surface area contributed by atoms with Gasteiger partial charge in [-0.1, -0.05) is 60.7 Å². The molecule has 2 aromatic rings. The average Bonchev–Trinajstić information content (AvgIpc) is 2.68. The molecule has 0 unspecified atom stereocenters. The minimum absolute atomic E-state index is 0. The molecule has 2 aromatic carbocycles. The van der Waals surface area contributed by atoms with E-state index in [1.165, 1.54) is 11.1 Å². The number of carbonyl (C=O) groups excluding carboxylic acids is 1. The Kier molecular flexibility index (Phi) is 8.62. The summed E-state index contributed by atoms with van der Waals surface area (Å²) in [5.41, 5.74) is 2.57. The van der Waals surface area contributed by atoms with Gasteiger partial charge in [-0.25, -0.2) is 0 Å². The highest BCUT2D eigenvalue weighted by molar-refractivity contribution is 5.85. The van der Waals surface area contributed by atoms with Crippen molar-refractivity contribution in [3.63, 3.8) is 0 Å². The molecule has 0 saturated carbocycles. The van der Waals surface area contributed by atoms with Crippen LogP contribution in [0, 0.1) is 0 Å². The maximum atomic E-state index is 12.5. The van der Waals surface area contributed by atoms with Crippen molar-refractivity contribution in [2.24, 2.45) is 0 Å². The number of piperazine rings is 1. The van der Waals surface area contributed by atoms with E-state index in [1.54, 1.807) is 0 Å². The number of nitrogens with one attached hydrogen (secondary N) is 1. The molecule has 3 rings (SSSR count). The highest BCUT2D eigenvalue weighted by Crippen LogP contribution is 2.11. The van der Waals surface area contributed by atoms with E-state index in [1.807, 2.05) is 17.0 Å². The van der Waals surface area contributed by atoms with Crippen LogP contribution in [0.25, 0.3) is 0 Å². The van der Waals surface area contributed by atoms with Crippen molar-refractivity contribution in [3.8, 4) is 0 Å². The fourth-order valence-electron chi connectivity index (χ4n) is 3.22. The molecule has 0 spiro atoms. The van der Waals surface area contributed by atoms with E-state index in [0.717, 1.165) is 45.8 Å². The zero-order valence-corrected chi connectivity index (χ0v) is 16.0. The lowest BCUT2D eigenvalue weighted by molar-refractivity contribution is -0.132. The number of halogens is 1. The summed E-state index contributed by atoms with van der Waals surface area (Å²) in [7, 11) is 0. The van der Waals surface area contributed by atoms with E-state index in [-0.39, 0.29) is 18.3 Å². The van der Waals surface area contributed by atoms with Gasteiger partial charge in [0.15, 0.2) is 0 Å². The van der Waals surface area contributed by atoms with E-state index in [4.69, 9.17) is 0 Å². The lowest BCUT2D eigenvalue weighted by Gasteiger charge is -2.29. The number of amides is 1. The summed E-state index contributed by atoms with van der Waals surface area (Å²) in [6, 6.07) is 21.0. The SMILES string of the molecule is Cl.O=C(CCN(Cc1ccccc1)Cc1ccccc1)N1CCNCC1. The fourth-order valence-corrected chi connectivity index (χ4v) is 3.22. The summed E-state index contributed by atoms with van der Waals surface area (Å²) < 4.78 is 0. The summed E-state index contributed by atoms with van der Waals surface area (Å²) in [5.74, 6) is 0.271. The average molecular weight is 374 g/mol. The van der Waals surface area contributed by atoms with Crippen LogP contribution in [0.4, 0.5) is 0 Å². The van der Waals surface area contributed by atoms with Gasteiger partial charge in [-0.2, -0.15) is 0 Å². The second-order valence-electron chi connectivity index (χ2n) is 6.56. The first-order valence-electron chi connectivity index (χ1n) is 9.10. The van der Waals surface area contributed by atoms with Crippen molar-refractivity contribution in [1.82, 2.24) is 15.1 Å². The lowest BCUT2D eigenvalue weighted by atomic mass is 10.1. The van der Waals surface area contributed by atoms with Crippen molar-refractivity contribution < 1.29 is 4.79 Å². The first kappa shape index (κ1) is 20.4. The van der Waals surface area contributed by atoms with Crippen LogP contribution < -0.4 is 5.32 Å². The van der Waals surface area contributed by atoms with Crippen LogP contribution in [0.1, 0.15) is 17.5 Å². The van der Waals surface area contributed by atoms with Crippen molar-refractivity contribution in [2.45, 2.75) is 19.5 Å². The molecule has 1 aliphatic rings. The summed E-state index contributed by atoms with van der Waals surface area (Å²) in [5, 5.41) is 3.30. The molecule has 0 aliphatic carbocycles. The molecule has 1 N–H and O–H groups in total. The Morgan fingerprint density at radius 2 is 1.38 bits per heavy atom. The number of benzene rings is 2. The molecule has 0 radical (unpaired) electrons. The van der Waals surface area contributed by atoms with E-state index < -0.39 is 0 Å². The first-order valence-corrected chi connectivity index (χ1v) is 9.10. The molecule has 1 fully saturated rings. The van der Waals surface area contributed by atoms with Gasteiger partial charge in [0.25, 0.3) is 0 Å². The van der Waals surface area contributed by atoms with Crippen LogP contribution >= 0.6 is 12.4 Å². The second-order valence-corrected chi connectivity index (χ2v) is 6.56. The van der Waals surface area contributed by atoms with E-state index in [9.17, 15) is 4.79 Å². The summed E-state index contributed by atoms with van der Waals surface area (Å²) in [6.45, 7) is 5.99. The van der Waals surface area contributed by atoms with Crippen molar-refractivity contribution in [1.29, 1.82) is 0 Å². The highest BCUT2D eigenvalue weighted by atomic mass is 35.5. The van der Waals surface area contributed by atoms with Gasteiger partial charge in [0.1, 0.15) is 0 Å². The molecule has 1 heterocycles. The smallest absolute Gasteiger partial charge is 0.223 e. The molecule has 0 atom stereocenters. The van der Waals surface area contributed by atoms with E-state index in [2.05, 4.69) is 58.7 Å². The molecular formula is C21H28ClN3O. The van der Waals surface area contributed by atoms with Crippen LogP contribution in [0.3, 0.4) is 0 Å². The molecule has 1 saturated heterocycles. The van der Waals surface area contributed by atoms with Crippen molar-refractivity contribution >= 4 is 18.3 Å². The Morgan fingerprint density at radius 3 is 1.88 bits per heavy atom. The minimum Gasteiger partial charge on any atom is -0.340 e. The molecule has 1 amide bonds. The molecule has 0 bridgehead atoms. The quantitative estimate of drug-likeness (QED) is 0.810. The van der Waals surface area contributed by atoms with Gasteiger partial charge in [-0.15, -0.1) is 12.4 Å². The topological polar surface area (TPSA) is 35.6 Å². The minimum atomic E-state index is 0. The number of nitrogens with zero attached hydrogens (tertiary/aromatic N) is 2. The Balaban J connectivity index is 0.00000243. The summed E-state index contributed by atoms with van der Waals surface area (Å²) in [6.07, 6.45) is 0.583. The predicted octanol–water partition coefficient (Wildman–Crippen LogP) is 2.93. The number of hydrogen-bond donors (Lipinski definition) is 1. The zero-order valence-electron chi connectivity index (χ0n) is 15.1. The zero-order chi connectivity index (χ0) is 17.3. The van der Waals surface area contributed by atoms with Crippen molar-refractivity contribution in [2.75, 3.05) is 32.7 Å². The molecule has 4 nitrogen and oxygen atoms in total. The van der Waals surface area contributed by atoms with Crippen LogP contribution in [0.5, 0.6) is 0 Å². The molecule has 0 aromatic heterocycles. The largest absolute Gasteiger partial charge is 0.340 e. The van der Waals surface area contributed by atoms with Crippen LogP contribution in [0.2, 0.25) is 0 Å². The maximum Gasteiger partial charge on any atom is 0.223 e. The number of carbonyl (C=O) groups is 1. The fraction of sp³-hybridized carbons (Fsp3) is 0.381. The van der Waals surface area contributed by atoms with Gasteiger partial charge < -0.3 is 10.2 Å². The molecule has 140 valence electrons. The Bertz CT molecular complexity index is 603. The first-order chi connectivity index (χ1) is 12.3. The van der Waals surface area contributed by atoms with Gasteiger partial charge >= 0.3 is 0 Å². The number of rotatable bonds is 7. The predicted molar refractivity (Wildman–Crippen MR) is 108 cm³/mol. The van der Waals surface area contributed by atoms with E-state index >= 15 is 0 Å². The molecule has 5 heteroatoms. The molecular weight excluding hydrogens is 346 g/mol. The standard InChI is InChI=1S/C21H27N3O.ClH/c25-21(24-15-12-22-13-16-24)11-14-23(17-19-7-3-1-4-8-19)18-20-9-5-2-6-10-20;/h1-10,22H,11-18H2;1H. The van der Waals surface area contributed by atoms with Gasteiger partial charge in [0, 0.05) is 52.2 Å². The Hall–Kier alpha value is -1.88. The monoisotopic (exact) mass is 373 g/mol. The third-order valence-electron chi connectivity index (χ3n) is 4.61. The lowest BCUT2D eigenvalue weighted by Crippen LogP contribution is -2.47. The van der Waals surface area contributed by atoms with Crippen molar-refractivity contribution in [3.05, 3.63) is 71.8 Å². The van der Waals surface area contributed by atoms with Crippen LogP contribution in [0.15, 0.2) is 60.7 Å². The van der Waals surface area contributed by atoms with Gasteiger partial charge in [-0.05, 0) is 11.1 Å². The third kappa shape index (κ3) is 6.45. The number of hydrogen-bond acceptors (Lipinski definition) is 3. The Morgan fingerprint density at radius 1 is 0.885 bits per heavy atom. The van der Waals surface area contributed by atoms with Gasteiger partial charge in [0.2, 0.25) is 5.91 Å². The third-order valence-corrected chi connectivity index (χ3v) is 4.61. The normalized spacial score (nSPS) is 14.1. The highest BCUT2D eigenvalue weighted by Gasteiger charge is 2.17. The summed E-state index contributed by atoms with van der Waals surface area (Å²) >= 11 is 0. The van der Waals surface area contributed by atoms with Crippen LogP contribution in [-0.4, -0.2) is 48.4 Å². The van der Waals surface area contributed by atoms with E-state index in [0.29, 0.717) is 6.42 Å². The van der Waals surface area contributed by atoms with Crippen LogP contribution in [-0.2, 0) is 17.9 Å². The second kappa shape index (κ2) is 11.0.